The predicted molar refractivity (Wildman–Crippen MR) is 88.5 cm³/mol. The summed E-state index contributed by atoms with van der Waals surface area (Å²) < 4.78 is 0. The second-order valence-corrected chi connectivity index (χ2v) is 5.94. The maximum absolute atomic E-state index is 3.53. The molecule has 0 amide bonds. The van der Waals surface area contributed by atoms with Gasteiger partial charge in [-0.15, -0.1) is 0 Å². The summed E-state index contributed by atoms with van der Waals surface area (Å²) >= 11 is 0. The smallest absolute Gasteiger partial charge is 0.0473 e. The minimum Gasteiger partial charge on any atom is -0.314 e. The zero-order valence-corrected chi connectivity index (χ0v) is 12.7. The summed E-state index contributed by atoms with van der Waals surface area (Å²) in [5.74, 6) is 0.565. The molecule has 2 atom stereocenters. The number of hydrogen-bond donors (Lipinski definition) is 1. The normalized spacial score (nSPS) is 21.1. The molecule has 2 heteroatoms. The lowest BCUT2D eigenvalue weighted by atomic mass is 9.97. The first kappa shape index (κ1) is 14.3. The predicted octanol–water partition coefficient (Wildman–Crippen LogP) is 3.44. The molecule has 0 spiro atoms. The molecule has 2 nitrogen and oxygen atoms in total. The molecule has 1 N–H and O–H groups in total. The molecule has 3 rings (SSSR count). The summed E-state index contributed by atoms with van der Waals surface area (Å²) in [6, 6.07) is 22.2. The van der Waals surface area contributed by atoms with Crippen LogP contribution < -0.4 is 5.32 Å². The van der Waals surface area contributed by atoms with Gasteiger partial charge in [0.05, 0.1) is 0 Å². The molecule has 2 aromatic rings. The van der Waals surface area contributed by atoms with Gasteiger partial charge >= 0.3 is 0 Å². The van der Waals surface area contributed by atoms with Gasteiger partial charge in [0.2, 0.25) is 0 Å². The number of hydrogen-bond acceptors (Lipinski definition) is 2. The third-order valence-electron chi connectivity index (χ3n) is 4.42. The Morgan fingerprint density at radius 3 is 2.43 bits per heavy atom. The highest BCUT2D eigenvalue weighted by Crippen LogP contribution is 2.25. The molecule has 0 saturated carbocycles. The van der Waals surface area contributed by atoms with Gasteiger partial charge in [0, 0.05) is 32.2 Å². The average Bonchev–Trinajstić information content (AvgIpc) is 2.57. The van der Waals surface area contributed by atoms with E-state index in [1.165, 1.54) is 11.1 Å². The molecular weight excluding hydrogens is 256 g/mol. The highest BCUT2D eigenvalue weighted by atomic mass is 15.2. The van der Waals surface area contributed by atoms with Gasteiger partial charge in [0.25, 0.3) is 0 Å². The van der Waals surface area contributed by atoms with Crippen molar-refractivity contribution >= 4 is 0 Å². The van der Waals surface area contributed by atoms with Crippen molar-refractivity contribution in [3.05, 3.63) is 71.8 Å². The summed E-state index contributed by atoms with van der Waals surface area (Å²) in [7, 11) is 0. The molecule has 1 fully saturated rings. The van der Waals surface area contributed by atoms with Crippen molar-refractivity contribution in [3.8, 4) is 0 Å². The molecule has 21 heavy (non-hydrogen) atoms. The van der Waals surface area contributed by atoms with Gasteiger partial charge in [0.15, 0.2) is 0 Å². The lowest BCUT2D eigenvalue weighted by molar-refractivity contribution is 0.154. The number of piperazine rings is 1. The van der Waals surface area contributed by atoms with E-state index in [2.05, 4.69) is 77.8 Å². The van der Waals surface area contributed by atoms with Crippen molar-refractivity contribution in [2.24, 2.45) is 0 Å². The van der Waals surface area contributed by atoms with E-state index in [0.717, 1.165) is 26.2 Å². The standard InChI is InChI=1S/C19H24N2/c1-16(17-8-4-2-5-9-17)15-21-13-12-20-14-19(21)18-10-6-3-7-11-18/h2-11,16,19-20H,12-15H2,1H3. The quantitative estimate of drug-likeness (QED) is 0.923. The Morgan fingerprint density at radius 2 is 1.71 bits per heavy atom. The van der Waals surface area contributed by atoms with Gasteiger partial charge in [-0.2, -0.15) is 0 Å². The Balaban J connectivity index is 1.73. The fourth-order valence-corrected chi connectivity index (χ4v) is 3.21. The maximum atomic E-state index is 3.53. The maximum Gasteiger partial charge on any atom is 0.0473 e. The molecule has 110 valence electrons. The fourth-order valence-electron chi connectivity index (χ4n) is 3.21. The van der Waals surface area contributed by atoms with Crippen LogP contribution in [0, 0.1) is 0 Å². The van der Waals surface area contributed by atoms with Crippen molar-refractivity contribution in [3.63, 3.8) is 0 Å². The van der Waals surface area contributed by atoms with E-state index in [1.54, 1.807) is 0 Å². The summed E-state index contributed by atoms with van der Waals surface area (Å²) in [5, 5.41) is 3.53. The van der Waals surface area contributed by atoms with Crippen LogP contribution in [-0.2, 0) is 0 Å². The van der Waals surface area contributed by atoms with Crippen LogP contribution in [-0.4, -0.2) is 31.1 Å². The van der Waals surface area contributed by atoms with Gasteiger partial charge in [-0.25, -0.2) is 0 Å². The first-order valence-corrected chi connectivity index (χ1v) is 7.89. The van der Waals surface area contributed by atoms with E-state index >= 15 is 0 Å². The molecule has 2 aromatic carbocycles. The lowest BCUT2D eigenvalue weighted by Crippen LogP contribution is -2.47. The van der Waals surface area contributed by atoms with Crippen LogP contribution in [0.25, 0.3) is 0 Å². The van der Waals surface area contributed by atoms with Gasteiger partial charge in [0.1, 0.15) is 0 Å². The summed E-state index contributed by atoms with van der Waals surface area (Å²) in [6.07, 6.45) is 0. The van der Waals surface area contributed by atoms with E-state index in [-0.39, 0.29) is 0 Å². The first-order chi connectivity index (χ1) is 10.3. The Kier molecular flexibility index (Phi) is 4.69. The van der Waals surface area contributed by atoms with Crippen LogP contribution in [0.1, 0.15) is 30.0 Å². The SMILES string of the molecule is CC(CN1CCNCC1c1ccccc1)c1ccccc1. The van der Waals surface area contributed by atoms with E-state index in [4.69, 9.17) is 0 Å². The molecule has 1 saturated heterocycles. The number of nitrogens with one attached hydrogen (secondary N) is 1. The molecule has 0 aromatic heterocycles. The van der Waals surface area contributed by atoms with Crippen LogP contribution in [0.4, 0.5) is 0 Å². The van der Waals surface area contributed by atoms with Gasteiger partial charge in [-0.1, -0.05) is 67.6 Å². The first-order valence-electron chi connectivity index (χ1n) is 7.89. The highest BCUT2D eigenvalue weighted by molar-refractivity contribution is 5.22. The van der Waals surface area contributed by atoms with Crippen LogP contribution in [0.5, 0.6) is 0 Å². The third kappa shape index (κ3) is 3.52. The minimum atomic E-state index is 0.492. The molecule has 0 radical (unpaired) electrons. The molecule has 1 aliphatic heterocycles. The van der Waals surface area contributed by atoms with Gasteiger partial charge < -0.3 is 5.32 Å². The van der Waals surface area contributed by atoms with E-state index in [1.807, 2.05) is 0 Å². The van der Waals surface area contributed by atoms with Gasteiger partial charge in [-0.3, -0.25) is 4.90 Å². The average molecular weight is 280 g/mol. The Hall–Kier alpha value is -1.64. The zero-order valence-electron chi connectivity index (χ0n) is 12.7. The van der Waals surface area contributed by atoms with E-state index in [9.17, 15) is 0 Å². The van der Waals surface area contributed by atoms with Crippen LogP contribution in [0.15, 0.2) is 60.7 Å². The van der Waals surface area contributed by atoms with Crippen LogP contribution in [0.3, 0.4) is 0 Å². The van der Waals surface area contributed by atoms with Gasteiger partial charge in [-0.05, 0) is 17.0 Å². The molecule has 0 aliphatic carbocycles. The number of rotatable bonds is 4. The largest absolute Gasteiger partial charge is 0.314 e. The van der Waals surface area contributed by atoms with E-state index < -0.39 is 0 Å². The highest BCUT2D eigenvalue weighted by Gasteiger charge is 2.25. The van der Waals surface area contributed by atoms with Crippen molar-refractivity contribution < 1.29 is 0 Å². The summed E-state index contributed by atoms with van der Waals surface area (Å²) in [6.45, 7) is 6.71. The van der Waals surface area contributed by atoms with Crippen LogP contribution >= 0.6 is 0 Å². The molecule has 0 bridgehead atoms. The molecular formula is C19H24N2. The van der Waals surface area contributed by atoms with Crippen molar-refractivity contribution in [2.75, 3.05) is 26.2 Å². The number of nitrogens with zero attached hydrogens (tertiary/aromatic N) is 1. The van der Waals surface area contributed by atoms with Crippen molar-refractivity contribution in [2.45, 2.75) is 18.9 Å². The molecule has 2 unspecified atom stereocenters. The summed E-state index contributed by atoms with van der Waals surface area (Å²) in [5.41, 5.74) is 2.85. The topological polar surface area (TPSA) is 15.3 Å². The Labute approximate surface area is 127 Å². The monoisotopic (exact) mass is 280 g/mol. The molecule has 1 heterocycles. The third-order valence-corrected chi connectivity index (χ3v) is 4.42. The van der Waals surface area contributed by atoms with Crippen molar-refractivity contribution in [1.82, 2.24) is 10.2 Å². The second-order valence-electron chi connectivity index (χ2n) is 5.94. The van der Waals surface area contributed by atoms with Crippen LogP contribution in [0.2, 0.25) is 0 Å². The molecule has 1 aliphatic rings. The Morgan fingerprint density at radius 1 is 1.05 bits per heavy atom. The second kappa shape index (κ2) is 6.88. The Bertz CT molecular complexity index is 538. The lowest BCUT2D eigenvalue weighted by Gasteiger charge is -2.38. The minimum absolute atomic E-state index is 0.492. The zero-order chi connectivity index (χ0) is 14.5. The fraction of sp³-hybridized carbons (Fsp3) is 0.368. The van der Waals surface area contributed by atoms with Crippen molar-refractivity contribution in [1.29, 1.82) is 0 Å². The number of benzene rings is 2. The summed E-state index contributed by atoms with van der Waals surface area (Å²) in [4.78, 5) is 2.63. The van der Waals surface area contributed by atoms with E-state index in [0.29, 0.717) is 12.0 Å².